The third-order valence-electron chi connectivity index (χ3n) is 7.75. The van der Waals surface area contributed by atoms with Crippen LogP contribution in [0.2, 0.25) is 5.02 Å². The van der Waals surface area contributed by atoms with Crippen LogP contribution in [0.25, 0.3) is 27.7 Å². The number of hydrogen-bond acceptors (Lipinski definition) is 6. The second-order valence-corrected chi connectivity index (χ2v) is 10.7. The first kappa shape index (κ1) is 23.9. The summed E-state index contributed by atoms with van der Waals surface area (Å²) in [5, 5.41) is 12.7. The van der Waals surface area contributed by atoms with Crippen LogP contribution in [-0.4, -0.2) is 68.4 Å². The quantitative estimate of drug-likeness (QED) is 0.340. The van der Waals surface area contributed by atoms with E-state index in [1.54, 1.807) is 17.2 Å². The first-order valence-corrected chi connectivity index (χ1v) is 13.3. The van der Waals surface area contributed by atoms with Crippen molar-refractivity contribution in [3.05, 3.63) is 71.4 Å². The fraction of sp³-hybridized carbons (Fsp3) is 0.286. The molecule has 0 bridgehead atoms. The average Bonchev–Trinajstić information content (AvgIpc) is 3.63. The Hall–Kier alpha value is -4.18. The van der Waals surface area contributed by atoms with Gasteiger partial charge < -0.3 is 14.5 Å². The summed E-state index contributed by atoms with van der Waals surface area (Å²) < 4.78 is 21.9. The van der Waals surface area contributed by atoms with Gasteiger partial charge >= 0.3 is 0 Å². The summed E-state index contributed by atoms with van der Waals surface area (Å²) in [4.78, 5) is 21.7. The summed E-state index contributed by atoms with van der Waals surface area (Å²) in [5.41, 5.74) is 3.49. The van der Waals surface area contributed by atoms with E-state index in [0.717, 1.165) is 53.1 Å². The average molecular weight is 546 g/mol. The number of anilines is 1. The number of carbonyl (C=O) groups is 1. The highest BCUT2D eigenvalue weighted by Crippen LogP contribution is 2.42. The number of carbonyl (C=O) groups excluding carboxylic acids is 1. The second-order valence-electron chi connectivity index (χ2n) is 10.3. The highest BCUT2D eigenvalue weighted by atomic mass is 35.5. The van der Waals surface area contributed by atoms with E-state index in [-0.39, 0.29) is 21.9 Å². The number of rotatable bonds is 5. The van der Waals surface area contributed by atoms with E-state index in [9.17, 15) is 9.18 Å². The van der Waals surface area contributed by atoms with E-state index in [1.807, 2.05) is 36.0 Å². The summed E-state index contributed by atoms with van der Waals surface area (Å²) in [6, 6.07) is 10.4. The minimum Gasteiger partial charge on any atom is -0.492 e. The van der Waals surface area contributed by atoms with Crippen LogP contribution in [0, 0.1) is 11.2 Å². The Morgan fingerprint density at radius 3 is 2.85 bits per heavy atom. The normalized spacial score (nSPS) is 16.4. The van der Waals surface area contributed by atoms with Gasteiger partial charge in [-0.05, 0) is 43.7 Å². The first-order chi connectivity index (χ1) is 18.9. The van der Waals surface area contributed by atoms with Gasteiger partial charge in [-0.1, -0.05) is 17.7 Å². The number of hydrogen-bond donors (Lipinski definition) is 1. The molecule has 2 saturated heterocycles. The van der Waals surface area contributed by atoms with Crippen molar-refractivity contribution in [2.24, 2.45) is 5.41 Å². The van der Waals surface area contributed by atoms with Crippen molar-refractivity contribution >= 4 is 39.9 Å². The molecular weight excluding hydrogens is 521 g/mol. The fourth-order valence-corrected chi connectivity index (χ4v) is 6.13. The molecule has 6 heterocycles. The standard InChI is InChI=1S/C28H25ClFN7O2/c1-2-39-18-10-19(25-20-12-32-33-26(20)34-37(25)13-18)17-6-7-23(31-11-17)36-15-28(16-36)8-9-35(14-28)27(38)24-21(29)4-3-5-22(24)30/h3-7,10-13H,2,8-9,14-16H2,1H3,(H,33,34). The van der Waals surface area contributed by atoms with Gasteiger partial charge in [-0.2, -0.15) is 5.10 Å². The highest BCUT2D eigenvalue weighted by Gasteiger charge is 2.49. The summed E-state index contributed by atoms with van der Waals surface area (Å²) in [6.07, 6.45) is 6.38. The molecule has 1 spiro atoms. The van der Waals surface area contributed by atoms with E-state index in [1.165, 1.54) is 12.1 Å². The molecular formula is C28H25ClFN7O2. The van der Waals surface area contributed by atoms with Gasteiger partial charge in [0.1, 0.15) is 17.4 Å². The molecule has 2 aliphatic rings. The molecule has 39 heavy (non-hydrogen) atoms. The van der Waals surface area contributed by atoms with Crippen molar-refractivity contribution in [1.29, 1.82) is 0 Å². The molecule has 4 aromatic heterocycles. The highest BCUT2D eigenvalue weighted by molar-refractivity contribution is 6.33. The van der Waals surface area contributed by atoms with Crippen molar-refractivity contribution in [3.63, 3.8) is 0 Å². The van der Waals surface area contributed by atoms with E-state index in [2.05, 4.69) is 26.3 Å². The van der Waals surface area contributed by atoms with Gasteiger partial charge in [0.05, 0.1) is 40.5 Å². The number of H-pyrrole nitrogens is 1. The van der Waals surface area contributed by atoms with Crippen LogP contribution in [0.4, 0.5) is 10.2 Å². The maximum atomic E-state index is 14.3. The number of fused-ring (bicyclic) bond motifs is 3. The Kier molecular flexibility index (Phi) is 5.48. The third-order valence-corrected chi connectivity index (χ3v) is 8.07. The van der Waals surface area contributed by atoms with Crippen molar-refractivity contribution in [1.82, 2.24) is 29.7 Å². The predicted molar refractivity (Wildman–Crippen MR) is 146 cm³/mol. The number of ether oxygens (including phenoxy) is 1. The van der Waals surface area contributed by atoms with E-state index in [4.69, 9.17) is 21.3 Å². The number of pyridine rings is 2. The zero-order valence-corrected chi connectivity index (χ0v) is 22.0. The molecule has 198 valence electrons. The van der Waals surface area contributed by atoms with Gasteiger partial charge in [0.25, 0.3) is 5.91 Å². The number of halogens is 2. The molecule has 7 rings (SSSR count). The topological polar surface area (TPSA) is 91.6 Å². The van der Waals surface area contributed by atoms with Gasteiger partial charge in [-0.25, -0.2) is 13.9 Å². The molecule has 5 aromatic rings. The number of aromatic amines is 1. The summed E-state index contributed by atoms with van der Waals surface area (Å²) in [6.45, 7) is 5.24. The predicted octanol–water partition coefficient (Wildman–Crippen LogP) is 4.82. The largest absolute Gasteiger partial charge is 0.492 e. The van der Waals surface area contributed by atoms with Crippen LogP contribution in [0.15, 0.2) is 55.0 Å². The maximum Gasteiger partial charge on any atom is 0.258 e. The number of nitrogens with one attached hydrogen (secondary N) is 1. The zero-order valence-electron chi connectivity index (χ0n) is 21.2. The molecule has 11 heteroatoms. The SMILES string of the molecule is CCOc1cc(-c2ccc(N3CC4(CCN(C(=O)c5c(F)cccc5Cl)C4)C3)nc2)c2c3cn[nH]c3nn2c1. The minimum absolute atomic E-state index is 0.0176. The van der Waals surface area contributed by atoms with Crippen molar-refractivity contribution in [2.45, 2.75) is 13.3 Å². The van der Waals surface area contributed by atoms with Crippen molar-refractivity contribution in [2.75, 3.05) is 37.7 Å². The Morgan fingerprint density at radius 1 is 1.21 bits per heavy atom. The summed E-state index contributed by atoms with van der Waals surface area (Å²) in [5.74, 6) is 0.679. The Balaban J connectivity index is 1.09. The first-order valence-electron chi connectivity index (χ1n) is 12.9. The lowest BCUT2D eigenvalue weighted by atomic mass is 9.79. The van der Waals surface area contributed by atoms with E-state index < -0.39 is 5.82 Å². The number of likely N-dealkylation sites (tertiary alicyclic amines) is 1. The summed E-state index contributed by atoms with van der Waals surface area (Å²) >= 11 is 6.13. The van der Waals surface area contributed by atoms with Gasteiger partial charge in [0.15, 0.2) is 5.65 Å². The smallest absolute Gasteiger partial charge is 0.258 e. The molecule has 1 amide bonds. The van der Waals surface area contributed by atoms with Crippen LogP contribution in [0.5, 0.6) is 5.75 Å². The molecule has 2 fully saturated rings. The van der Waals surface area contributed by atoms with Crippen molar-refractivity contribution < 1.29 is 13.9 Å². The Morgan fingerprint density at radius 2 is 2.08 bits per heavy atom. The summed E-state index contributed by atoms with van der Waals surface area (Å²) in [7, 11) is 0. The molecule has 9 nitrogen and oxygen atoms in total. The molecule has 1 N–H and O–H groups in total. The lowest BCUT2D eigenvalue weighted by molar-refractivity contribution is 0.0758. The Bertz CT molecular complexity index is 1710. The molecule has 1 aromatic carbocycles. The van der Waals surface area contributed by atoms with Crippen LogP contribution < -0.4 is 9.64 Å². The number of amides is 1. The third kappa shape index (κ3) is 3.89. The van der Waals surface area contributed by atoms with Crippen LogP contribution in [-0.2, 0) is 0 Å². The maximum absolute atomic E-state index is 14.3. The van der Waals surface area contributed by atoms with Crippen molar-refractivity contribution in [3.8, 4) is 16.9 Å². The fourth-order valence-electron chi connectivity index (χ4n) is 5.89. The zero-order chi connectivity index (χ0) is 26.7. The molecule has 0 unspecified atom stereocenters. The number of benzene rings is 1. The van der Waals surface area contributed by atoms with Gasteiger partial charge in [-0.15, -0.1) is 5.10 Å². The number of aromatic nitrogens is 5. The van der Waals surface area contributed by atoms with Crippen LogP contribution >= 0.6 is 11.6 Å². The molecule has 2 aliphatic heterocycles. The van der Waals surface area contributed by atoms with Crippen LogP contribution in [0.3, 0.4) is 0 Å². The minimum atomic E-state index is -0.582. The van der Waals surface area contributed by atoms with E-state index >= 15 is 0 Å². The monoisotopic (exact) mass is 545 g/mol. The van der Waals surface area contributed by atoms with Crippen LogP contribution in [0.1, 0.15) is 23.7 Å². The van der Waals surface area contributed by atoms with Gasteiger partial charge in [0, 0.05) is 48.9 Å². The molecule has 0 saturated carbocycles. The Labute approximate surface area is 228 Å². The lowest BCUT2D eigenvalue weighted by Crippen LogP contribution is -2.58. The molecule has 0 radical (unpaired) electrons. The van der Waals surface area contributed by atoms with E-state index in [0.29, 0.717) is 25.3 Å². The lowest BCUT2D eigenvalue weighted by Gasteiger charge is -2.48. The molecule has 0 atom stereocenters. The number of nitrogens with zero attached hydrogens (tertiary/aromatic N) is 6. The van der Waals surface area contributed by atoms with Gasteiger partial charge in [-0.3, -0.25) is 9.89 Å². The molecule has 0 aliphatic carbocycles. The second kappa shape index (κ2) is 8.94. The van der Waals surface area contributed by atoms with Gasteiger partial charge in [0.2, 0.25) is 0 Å².